The van der Waals surface area contributed by atoms with E-state index in [1.807, 2.05) is 6.07 Å². The maximum atomic E-state index is 14.4. The molecule has 0 aliphatic carbocycles. The highest BCUT2D eigenvalue weighted by molar-refractivity contribution is 5.35. The summed E-state index contributed by atoms with van der Waals surface area (Å²) in [5.74, 6) is -2.71. The van der Waals surface area contributed by atoms with Gasteiger partial charge in [0.2, 0.25) is 0 Å². The van der Waals surface area contributed by atoms with Crippen molar-refractivity contribution in [3.8, 4) is 11.5 Å². The highest BCUT2D eigenvalue weighted by Gasteiger charge is 2.39. The van der Waals surface area contributed by atoms with Gasteiger partial charge in [-0.2, -0.15) is 13.2 Å². The third kappa shape index (κ3) is 5.91. The SMILES string of the molecule is FC(=CC(c1ccc(F)cc1)C(F)(F)F)Cc1cccc(Oc2ccccc2)c1. The Morgan fingerprint density at radius 3 is 2.17 bits per heavy atom. The zero-order valence-corrected chi connectivity index (χ0v) is 15.2. The largest absolute Gasteiger partial charge is 0.457 e. The van der Waals surface area contributed by atoms with Gasteiger partial charge in [0.15, 0.2) is 0 Å². The van der Waals surface area contributed by atoms with E-state index < -0.39 is 23.7 Å². The minimum atomic E-state index is -4.70. The average molecular weight is 404 g/mol. The van der Waals surface area contributed by atoms with Crippen LogP contribution < -0.4 is 4.74 Å². The number of hydrogen-bond donors (Lipinski definition) is 0. The van der Waals surface area contributed by atoms with Crippen molar-refractivity contribution in [3.05, 3.63) is 108 Å². The second kappa shape index (κ2) is 8.90. The molecule has 0 saturated heterocycles. The zero-order chi connectivity index (χ0) is 20.9. The van der Waals surface area contributed by atoms with Crippen molar-refractivity contribution >= 4 is 0 Å². The summed E-state index contributed by atoms with van der Waals surface area (Å²) in [6.45, 7) is 0. The molecule has 0 fully saturated rings. The summed E-state index contributed by atoms with van der Waals surface area (Å²) in [5, 5.41) is 0. The van der Waals surface area contributed by atoms with Gasteiger partial charge in [-0.25, -0.2) is 8.78 Å². The minimum Gasteiger partial charge on any atom is -0.457 e. The van der Waals surface area contributed by atoms with Crippen molar-refractivity contribution in [1.82, 2.24) is 0 Å². The zero-order valence-electron chi connectivity index (χ0n) is 15.2. The van der Waals surface area contributed by atoms with Crippen molar-refractivity contribution in [1.29, 1.82) is 0 Å². The Kier molecular flexibility index (Phi) is 6.32. The smallest absolute Gasteiger partial charge is 0.399 e. The molecule has 1 nitrogen and oxygen atoms in total. The van der Waals surface area contributed by atoms with Gasteiger partial charge in [-0.1, -0.05) is 42.5 Å². The van der Waals surface area contributed by atoms with Crippen LogP contribution in [-0.2, 0) is 6.42 Å². The molecule has 0 radical (unpaired) electrons. The van der Waals surface area contributed by atoms with Crippen molar-refractivity contribution in [3.63, 3.8) is 0 Å². The van der Waals surface area contributed by atoms with Gasteiger partial charge in [0.05, 0.1) is 0 Å². The predicted octanol–water partition coefficient (Wildman–Crippen LogP) is 7.36. The van der Waals surface area contributed by atoms with Gasteiger partial charge in [0.1, 0.15) is 29.1 Å². The number of benzene rings is 3. The molecule has 0 spiro atoms. The van der Waals surface area contributed by atoms with E-state index in [-0.39, 0.29) is 12.0 Å². The molecule has 3 aromatic rings. The molecule has 29 heavy (non-hydrogen) atoms. The molecule has 0 aliphatic rings. The lowest BCUT2D eigenvalue weighted by Crippen LogP contribution is -2.19. The fraction of sp³-hybridized carbons (Fsp3) is 0.130. The van der Waals surface area contributed by atoms with E-state index >= 15 is 0 Å². The Morgan fingerprint density at radius 2 is 1.52 bits per heavy atom. The Bertz CT molecular complexity index is 963. The molecular weight excluding hydrogens is 387 g/mol. The molecule has 150 valence electrons. The minimum absolute atomic E-state index is 0.227. The van der Waals surface area contributed by atoms with Crippen LogP contribution in [0.4, 0.5) is 22.0 Å². The molecule has 3 rings (SSSR count). The lowest BCUT2D eigenvalue weighted by molar-refractivity contribution is -0.139. The topological polar surface area (TPSA) is 9.23 Å². The van der Waals surface area contributed by atoms with Crippen LogP contribution in [0.1, 0.15) is 17.0 Å². The summed E-state index contributed by atoms with van der Waals surface area (Å²) < 4.78 is 73.3. The summed E-state index contributed by atoms with van der Waals surface area (Å²) in [5.41, 5.74) is 0.238. The second-order valence-corrected chi connectivity index (χ2v) is 6.42. The number of rotatable bonds is 6. The van der Waals surface area contributed by atoms with E-state index in [9.17, 15) is 22.0 Å². The summed E-state index contributed by atoms with van der Waals surface area (Å²) in [6, 6.07) is 19.3. The predicted molar refractivity (Wildman–Crippen MR) is 101 cm³/mol. The van der Waals surface area contributed by atoms with E-state index in [4.69, 9.17) is 4.74 Å². The molecule has 6 heteroatoms. The number of hydrogen-bond acceptors (Lipinski definition) is 1. The van der Waals surface area contributed by atoms with Crippen LogP contribution in [0.5, 0.6) is 11.5 Å². The van der Waals surface area contributed by atoms with Gasteiger partial charge in [0.25, 0.3) is 0 Å². The first-order chi connectivity index (χ1) is 13.8. The molecule has 0 amide bonds. The normalized spacial score (nSPS) is 13.2. The molecular formula is C23H17F5O. The van der Waals surface area contributed by atoms with Gasteiger partial charge < -0.3 is 4.74 Å². The van der Waals surface area contributed by atoms with Crippen LogP contribution >= 0.6 is 0 Å². The highest BCUT2D eigenvalue weighted by atomic mass is 19.4. The Morgan fingerprint density at radius 1 is 0.862 bits per heavy atom. The highest BCUT2D eigenvalue weighted by Crippen LogP contribution is 2.37. The molecule has 3 aromatic carbocycles. The molecule has 0 N–H and O–H groups in total. The number of para-hydroxylation sites is 1. The summed E-state index contributed by atoms with van der Waals surface area (Å²) in [4.78, 5) is 0. The fourth-order valence-electron chi connectivity index (χ4n) is 2.83. The number of alkyl halides is 3. The van der Waals surface area contributed by atoms with Gasteiger partial charge in [-0.05, 0) is 53.6 Å². The first-order valence-corrected chi connectivity index (χ1v) is 8.81. The summed E-state index contributed by atoms with van der Waals surface area (Å²) in [7, 11) is 0. The number of ether oxygens (including phenoxy) is 1. The maximum Gasteiger partial charge on any atom is 0.399 e. The van der Waals surface area contributed by atoms with Crippen LogP contribution in [0.15, 0.2) is 90.8 Å². The Hall–Kier alpha value is -3.15. The molecule has 0 heterocycles. The van der Waals surface area contributed by atoms with Crippen molar-refractivity contribution in [2.75, 3.05) is 0 Å². The monoisotopic (exact) mass is 404 g/mol. The lowest BCUT2D eigenvalue weighted by atomic mass is 9.96. The molecule has 0 bridgehead atoms. The Labute approximate surface area is 165 Å². The first-order valence-electron chi connectivity index (χ1n) is 8.81. The van der Waals surface area contributed by atoms with Gasteiger partial charge in [-0.3, -0.25) is 0 Å². The third-order valence-electron chi connectivity index (χ3n) is 4.18. The fourth-order valence-corrected chi connectivity index (χ4v) is 2.83. The van der Waals surface area contributed by atoms with Gasteiger partial charge in [0, 0.05) is 6.42 Å². The quantitative estimate of drug-likeness (QED) is 0.390. The van der Waals surface area contributed by atoms with Crippen LogP contribution in [0.2, 0.25) is 0 Å². The van der Waals surface area contributed by atoms with Crippen molar-refractivity contribution in [2.24, 2.45) is 0 Å². The van der Waals surface area contributed by atoms with E-state index in [0.717, 1.165) is 24.3 Å². The van der Waals surface area contributed by atoms with Crippen LogP contribution in [-0.4, -0.2) is 6.18 Å². The van der Waals surface area contributed by atoms with Crippen LogP contribution in [0.25, 0.3) is 0 Å². The first kappa shape index (κ1) is 20.6. The molecule has 0 aliphatic heterocycles. The lowest BCUT2D eigenvalue weighted by Gasteiger charge is -2.17. The average Bonchev–Trinajstić information content (AvgIpc) is 2.67. The molecule has 0 saturated carbocycles. The van der Waals surface area contributed by atoms with Crippen molar-refractivity contribution in [2.45, 2.75) is 18.5 Å². The van der Waals surface area contributed by atoms with E-state index in [1.165, 1.54) is 0 Å². The van der Waals surface area contributed by atoms with Crippen LogP contribution in [0, 0.1) is 5.82 Å². The standard InChI is InChI=1S/C23H17F5O/c24-18-11-9-17(10-12-18)22(23(26,27)28)15-19(25)13-16-5-4-8-21(14-16)29-20-6-2-1-3-7-20/h1-12,14-15,22H,13H2. The van der Waals surface area contributed by atoms with Crippen molar-refractivity contribution < 1.29 is 26.7 Å². The number of allylic oxidation sites excluding steroid dienone is 2. The molecule has 1 atom stereocenters. The second-order valence-electron chi connectivity index (χ2n) is 6.42. The summed E-state index contributed by atoms with van der Waals surface area (Å²) >= 11 is 0. The molecule has 0 aromatic heterocycles. The van der Waals surface area contributed by atoms with Crippen LogP contribution in [0.3, 0.4) is 0 Å². The van der Waals surface area contributed by atoms with E-state index in [0.29, 0.717) is 23.1 Å². The van der Waals surface area contributed by atoms with E-state index in [2.05, 4.69) is 0 Å². The van der Waals surface area contributed by atoms with Gasteiger partial charge >= 0.3 is 6.18 Å². The Balaban J connectivity index is 1.78. The van der Waals surface area contributed by atoms with Gasteiger partial charge in [-0.15, -0.1) is 0 Å². The third-order valence-corrected chi connectivity index (χ3v) is 4.18. The van der Waals surface area contributed by atoms with E-state index in [1.54, 1.807) is 48.5 Å². The maximum absolute atomic E-state index is 14.4. The summed E-state index contributed by atoms with van der Waals surface area (Å²) in [6.07, 6.45) is -4.49. The number of halogens is 5. The molecule has 1 unspecified atom stereocenters.